The van der Waals surface area contributed by atoms with Gasteiger partial charge in [0.05, 0.1) is 12.0 Å². The molecule has 2 aromatic carbocycles. The molecule has 1 saturated carbocycles. The smallest absolute Gasteiger partial charge is 0.312 e. The SMILES string of the molecule is C=C1CC2COC(=O)C2(CC(c2ccccc2)c2ccccc2)C1. The molecule has 1 heterocycles. The summed E-state index contributed by atoms with van der Waals surface area (Å²) in [6.07, 6.45) is 2.48. The van der Waals surface area contributed by atoms with Crippen LogP contribution in [0, 0.1) is 11.3 Å². The Labute approximate surface area is 143 Å². The van der Waals surface area contributed by atoms with Crippen molar-refractivity contribution in [1.29, 1.82) is 0 Å². The minimum absolute atomic E-state index is 0.0250. The van der Waals surface area contributed by atoms with Gasteiger partial charge in [-0.2, -0.15) is 0 Å². The van der Waals surface area contributed by atoms with Crippen molar-refractivity contribution < 1.29 is 9.53 Å². The van der Waals surface area contributed by atoms with E-state index in [9.17, 15) is 4.79 Å². The maximum atomic E-state index is 12.7. The van der Waals surface area contributed by atoms with Crippen LogP contribution in [-0.4, -0.2) is 12.6 Å². The third-order valence-electron chi connectivity index (χ3n) is 5.68. The van der Waals surface area contributed by atoms with Gasteiger partial charge in [-0.15, -0.1) is 0 Å². The third-order valence-corrected chi connectivity index (χ3v) is 5.68. The second kappa shape index (κ2) is 5.94. The standard InChI is InChI=1S/C22H22O2/c1-16-12-19-15-24-21(23)22(19,13-16)14-20(17-8-4-2-5-9-17)18-10-6-3-7-11-18/h2-11,19-20H,1,12-15H2. The van der Waals surface area contributed by atoms with Crippen molar-refractivity contribution in [2.75, 3.05) is 6.61 Å². The van der Waals surface area contributed by atoms with Gasteiger partial charge in [-0.05, 0) is 30.4 Å². The first-order valence-electron chi connectivity index (χ1n) is 8.63. The van der Waals surface area contributed by atoms with Crippen LogP contribution in [0.1, 0.15) is 36.3 Å². The lowest BCUT2D eigenvalue weighted by atomic mass is 9.70. The number of esters is 1. The summed E-state index contributed by atoms with van der Waals surface area (Å²) in [5.41, 5.74) is 3.31. The van der Waals surface area contributed by atoms with Gasteiger partial charge in [-0.3, -0.25) is 4.79 Å². The molecule has 0 N–H and O–H groups in total. The molecule has 0 bridgehead atoms. The van der Waals surface area contributed by atoms with E-state index in [0.29, 0.717) is 6.61 Å². The van der Waals surface area contributed by atoms with E-state index in [1.165, 1.54) is 16.7 Å². The van der Waals surface area contributed by atoms with E-state index in [0.717, 1.165) is 19.3 Å². The van der Waals surface area contributed by atoms with Gasteiger partial charge in [-0.25, -0.2) is 0 Å². The van der Waals surface area contributed by atoms with Crippen molar-refractivity contribution in [1.82, 2.24) is 0 Å². The number of fused-ring (bicyclic) bond motifs is 1. The van der Waals surface area contributed by atoms with Crippen molar-refractivity contribution in [2.45, 2.75) is 25.2 Å². The van der Waals surface area contributed by atoms with E-state index in [-0.39, 0.29) is 17.8 Å². The lowest BCUT2D eigenvalue weighted by Crippen LogP contribution is -2.31. The molecule has 2 heteroatoms. The van der Waals surface area contributed by atoms with Crippen molar-refractivity contribution in [3.8, 4) is 0 Å². The molecular formula is C22H22O2. The number of carbonyl (C=O) groups is 1. The van der Waals surface area contributed by atoms with E-state index < -0.39 is 5.41 Å². The Bertz CT molecular complexity index is 711. The zero-order valence-corrected chi connectivity index (χ0v) is 13.8. The molecule has 0 radical (unpaired) electrons. The van der Waals surface area contributed by atoms with Gasteiger partial charge in [-0.1, -0.05) is 72.8 Å². The number of rotatable bonds is 4. The number of allylic oxidation sites excluding steroid dienone is 1. The first-order valence-corrected chi connectivity index (χ1v) is 8.63. The molecule has 1 saturated heterocycles. The zero-order chi connectivity index (χ0) is 16.6. The monoisotopic (exact) mass is 318 g/mol. The maximum absolute atomic E-state index is 12.7. The number of cyclic esters (lactones) is 1. The number of ether oxygens (including phenoxy) is 1. The quantitative estimate of drug-likeness (QED) is 0.602. The molecular weight excluding hydrogens is 296 g/mol. The maximum Gasteiger partial charge on any atom is 0.312 e. The van der Waals surface area contributed by atoms with E-state index in [2.05, 4.69) is 55.1 Å². The van der Waals surface area contributed by atoms with Crippen LogP contribution in [0.4, 0.5) is 0 Å². The van der Waals surface area contributed by atoms with Crippen molar-refractivity contribution >= 4 is 5.97 Å². The number of benzene rings is 2. The second-order valence-electron chi connectivity index (χ2n) is 7.16. The highest BCUT2D eigenvalue weighted by molar-refractivity contribution is 5.81. The van der Waals surface area contributed by atoms with Crippen LogP contribution in [0.15, 0.2) is 72.8 Å². The fourth-order valence-corrected chi connectivity index (χ4v) is 4.47. The summed E-state index contributed by atoms with van der Waals surface area (Å²) in [5, 5.41) is 0. The molecule has 2 aliphatic rings. The van der Waals surface area contributed by atoms with Gasteiger partial charge in [0.1, 0.15) is 0 Å². The van der Waals surface area contributed by atoms with Gasteiger partial charge in [0, 0.05) is 11.8 Å². The molecule has 0 aromatic heterocycles. The van der Waals surface area contributed by atoms with E-state index >= 15 is 0 Å². The topological polar surface area (TPSA) is 26.3 Å². The Morgan fingerprint density at radius 1 is 1.04 bits per heavy atom. The Balaban J connectivity index is 1.75. The Morgan fingerprint density at radius 3 is 2.21 bits per heavy atom. The molecule has 2 fully saturated rings. The summed E-state index contributed by atoms with van der Waals surface area (Å²) in [6.45, 7) is 4.71. The number of carbonyl (C=O) groups excluding carboxylic acids is 1. The van der Waals surface area contributed by atoms with Crippen LogP contribution in [0.5, 0.6) is 0 Å². The fraction of sp³-hybridized carbons (Fsp3) is 0.318. The molecule has 0 spiro atoms. The van der Waals surface area contributed by atoms with Crippen molar-refractivity contribution in [3.63, 3.8) is 0 Å². The highest BCUT2D eigenvalue weighted by Crippen LogP contribution is 2.55. The first-order chi connectivity index (χ1) is 11.7. The highest BCUT2D eigenvalue weighted by atomic mass is 16.5. The predicted octanol–water partition coefficient (Wildman–Crippen LogP) is 4.72. The molecule has 0 amide bonds. The van der Waals surface area contributed by atoms with Gasteiger partial charge in [0.2, 0.25) is 0 Å². The zero-order valence-electron chi connectivity index (χ0n) is 13.8. The highest BCUT2D eigenvalue weighted by Gasteiger charge is 2.56. The van der Waals surface area contributed by atoms with Gasteiger partial charge >= 0.3 is 5.97 Å². The average Bonchev–Trinajstić information content (AvgIpc) is 3.09. The normalized spacial score (nSPS) is 25.8. The van der Waals surface area contributed by atoms with Crippen LogP contribution >= 0.6 is 0 Å². The summed E-state index contributed by atoms with van der Waals surface area (Å²) in [6, 6.07) is 21.0. The second-order valence-corrected chi connectivity index (χ2v) is 7.16. The molecule has 4 rings (SSSR count). The minimum atomic E-state index is -0.395. The van der Waals surface area contributed by atoms with Crippen LogP contribution in [0.25, 0.3) is 0 Å². The lowest BCUT2D eigenvalue weighted by molar-refractivity contribution is -0.146. The largest absolute Gasteiger partial charge is 0.465 e. The molecule has 122 valence electrons. The molecule has 1 aliphatic heterocycles. The predicted molar refractivity (Wildman–Crippen MR) is 94.6 cm³/mol. The molecule has 24 heavy (non-hydrogen) atoms. The van der Waals surface area contributed by atoms with Gasteiger partial charge in [0.25, 0.3) is 0 Å². The van der Waals surface area contributed by atoms with Crippen LogP contribution < -0.4 is 0 Å². The van der Waals surface area contributed by atoms with Gasteiger partial charge < -0.3 is 4.74 Å². The molecule has 2 nitrogen and oxygen atoms in total. The lowest BCUT2D eigenvalue weighted by Gasteiger charge is -2.30. The summed E-state index contributed by atoms with van der Waals surface area (Å²) < 4.78 is 5.46. The average molecular weight is 318 g/mol. The molecule has 1 aliphatic carbocycles. The van der Waals surface area contributed by atoms with E-state index in [4.69, 9.17) is 4.74 Å². The minimum Gasteiger partial charge on any atom is -0.465 e. The van der Waals surface area contributed by atoms with Gasteiger partial charge in [0.15, 0.2) is 0 Å². The van der Waals surface area contributed by atoms with Crippen LogP contribution in [0.2, 0.25) is 0 Å². The molecule has 2 atom stereocenters. The summed E-state index contributed by atoms with van der Waals surface area (Å²) >= 11 is 0. The Morgan fingerprint density at radius 2 is 1.62 bits per heavy atom. The fourth-order valence-electron chi connectivity index (χ4n) is 4.47. The molecule has 2 unspecified atom stereocenters. The Hall–Kier alpha value is -2.35. The molecule has 2 aromatic rings. The van der Waals surface area contributed by atoms with E-state index in [1.807, 2.05) is 12.1 Å². The third kappa shape index (κ3) is 2.47. The summed E-state index contributed by atoms with van der Waals surface area (Å²) in [4.78, 5) is 12.7. The number of hydrogen-bond acceptors (Lipinski definition) is 2. The first kappa shape index (κ1) is 15.2. The van der Waals surface area contributed by atoms with Crippen molar-refractivity contribution in [3.05, 3.63) is 83.9 Å². The number of hydrogen-bond donors (Lipinski definition) is 0. The van der Waals surface area contributed by atoms with Crippen LogP contribution in [-0.2, 0) is 9.53 Å². The Kier molecular flexibility index (Phi) is 3.76. The van der Waals surface area contributed by atoms with E-state index in [1.54, 1.807) is 0 Å². The summed E-state index contributed by atoms with van der Waals surface area (Å²) in [7, 11) is 0. The van der Waals surface area contributed by atoms with Crippen LogP contribution in [0.3, 0.4) is 0 Å². The van der Waals surface area contributed by atoms with Crippen molar-refractivity contribution in [2.24, 2.45) is 11.3 Å². The summed E-state index contributed by atoms with van der Waals surface area (Å²) in [5.74, 6) is 0.460.